The molecule has 0 unspecified atom stereocenters. The Balaban J connectivity index is 2.51. The lowest BCUT2D eigenvalue weighted by atomic mass is 9.97. The summed E-state index contributed by atoms with van der Waals surface area (Å²) in [6, 6.07) is 7.43. The van der Waals surface area contributed by atoms with E-state index < -0.39 is 0 Å². The Morgan fingerprint density at radius 3 is 2.21 bits per heavy atom. The van der Waals surface area contributed by atoms with Gasteiger partial charge in [-0.25, -0.2) is 4.79 Å². The second-order valence-electron chi connectivity index (χ2n) is 5.74. The number of hydrogen-bond donors (Lipinski definition) is 2. The van der Waals surface area contributed by atoms with Gasteiger partial charge in [-0.1, -0.05) is 26.8 Å². The number of allylic oxidation sites excluding steroid dienone is 1. The van der Waals surface area contributed by atoms with Crippen molar-refractivity contribution in [3.63, 3.8) is 0 Å². The molecule has 0 saturated carbocycles. The molecule has 0 aliphatic heterocycles. The van der Waals surface area contributed by atoms with Gasteiger partial charge in [-0.3, -0.25) is 0 Å². The van der Waals surface area contributed by atoms with Crippen LogP contribution in [0.1, 0.15) is 20.8 Å². The molecule has 0 saturated heterocycles. The van der Waals surface area contributed by atoms with Crippen LogP contribution in [-0.2, 0) is 0 Å². The predicted octanol–water partition coefficient (Wildman–Crippen LogP) is 3.43. The molecule has 0 aliphatic rings. The zero-order valence-electron chi connectivity index (χ0n) is 12.3. The molecule has 19 heavy (non-hydrogen) atoms. The predicted molar refractivity (Wildman–Crippen MR) is 81.5 cm³/mol. The van der Waals surface area contributed by atoms with E-state index in [0.29, 0.717) is 0 Å². The molecule has 0 bridgehead atoms. The standard InChI is InChI=1S/C15H23N3O/c1-15(2,3)10-11-16-14(19)17-12-6-8-13(9-7-12)18(4)5/h6-11H,1-5H3,(H2,16,17,19)/b11-10+. The average molecular weight is 261 g/mol. The second kappa shape index (κ2) is 6.27. The molecule has 0 atom stereocenters. The molecule has 0 aliphatic carbocycles. The number of nitrogens with one attached hydrogen (secondary N) is 2. The molecule has 104 valence electrons. The van der Waals surface area contributed by atoms with Crippen LogP contribution in [0, 0.1) is 5.41 Å². The first kappa shape index (κ1) is 15.1. The van der Waals surface area contributed by atoms with Gasteiger partial charge in [0.05, 0.1) is 0 Å². The highest BCUT2D eigenvalue weighted by Gasteiger charge is 2.04. The van der Waals surface area contributed by atoms with Gasteiger partial charge in [0, 0.05) is 31.7 Å². The molecule has 2 amide bonds. The van der Waals surface area contributed by atoms with Crippen molar-refractivity contribution in [3.8, 4) is 0 Å². The van der Waals surface area contributed by atoms with E-state index in [2.05, 4.69) is 31.4 Å². The van der Waals surface area contributed by atoms with Crippen LogP contribution >= 0.6 is 0 Å². The summed E-state index contributed by atoms with van der Waals surface area (Å²) < 4.78 is 0. The van der Waals surface area contributed by atoms with E-state index in [1.165, 1.54) is 0 Å². The monoisotopic (exact) mass is 261 g/mol. The molecule has 0 fully saturated rings. The third-order valence-electron chi connectivity index (χ3n) is 2.44. The molecule has 0 aromatic heterocycles. The van der Waals surface area contributed by atoms with Crippen molar-refractivity contribution < 1.29 is 4.79 Å². The SMILES string of the molecule is CN(C)c1ccc(NC(=O)N/C=C/C(C)(C)C)cc1. The summed E-state index contributed by atoms with van der Waals surface area (Å²) in [5.41, 5.74) is 1.92. The number of anilines is 2. The van der Waals surface area contributed by atoms with Gasteiger partial charge in [-0.15, -0.1) is 0 Å². The van der Waals surface area contributed by atoms with Crippen LogP contribution in [0.15, 0.2) is 36.5 Å². The fourth-order valence-electron chi connectivity index (χ4n) is 1.38. The Kier molecular flexibility index (Phi) is 4.98. The van der Waals surface area contributed by atoms with Crippen LogP contribution in [0.4, 0.5) is 16.2 Å². The first-order valence-electron chi connectivity index (χ1n) is 6.30. The average Bonchev–Trinajstić information content (AvgIpc) is 2.27. The largest absolute Gasteiger partial charge is 0.378 e. The number of benzene rings is 1. The van der Waals surface area contributed by atoms with Gasteiger partial charge in [0.2, 0.25) is 0 Å². The normalized spacial score (nSPS) is 11.4. The number of rotatable bonds is 3. The minimum atomic E-state index is -0.238. The zero-order valence-corrected chi connectivity index (χ0v) is 12.3. The van der Waals surface area contributed by atoms with Crippen molar-refractivity contribution in [1.29, 1.82) is 0 Å². The molecule has 2 N–H and O–H groups in total. The van der Waals surface area contributed by atoms with E-state index in [1.807, 2.05) is 49.3 Å². The summed E-state index contributed by atoms with van der Waals surface area (Å²) in [4.78, 5) is 13.6. The second-order valence-corrected chi connectivity index (χ2v) is 5.74. The van der Waals surface area contributed by atoms with Crippen molar-refractivity contribution in [2.75, 3.05) is 24.3 Å². The summed E-state index contributed by atoms with van der Waals surface area (Å²) in [6.07, 6.45) is 3.62. The van der Waals surface area contributed by atoms with Crippen LogP contribution in [0.5, 0.6) is 0 Å². The highest BCUT2D eigenvalue weighted by molar-refractivity contribution is 5.90. The van der Waals surface area contributed by atoms with Crippen molar-refractivity contribution in [2.24, 2.45) is 5.41 Å². The number of amides is 2. The van der Waals surface area contributed by atoms with E-state index in [4.69, 9.17) is 0 Å². The van der Waals surface area contributed by atoms with Gasteiger partial charge in [0.1, 0.15) is 0 Å². The zero-order chi connectivity index (χ0) is 14.5. The maximum Gasteiger partial charge on any atom is 0.323 e. The highest BCUT2D eigenvalue weighted by atomic mass is 16.2. The molecule has 0 spiro atoms. The maximum atomic E-state index is 11.6. The third-order valence-corrected chi connectivity index (χ3v) is 2.44. The van der Waals surface area contributed by atoms with Crippen LogP contribution in [0.3, 0.4) is 0 Å². The fourth-order valence-corrected chi connectivity index (χ4v) is 1.38. The number of hydrogen-bond acceptors (Lipinski definition) is 2. The van der Waals surface area contributed by atoms with E-state index in [0.717, 1.165) is 11.4 Å². The molecule has 1 aromatic carbocycles. The number of nitrogens with zero attached hydrogens (tertiary/aromatic N) is 1. The van der Waals surface area contributed by atoms with Gasteiger partial charge in [0.25, 0.3) is 0 Å². The lowest BCUT2D eigenvalue weighted by molar-refractivity contribution is 0.255. The van der Waals surface area contributed by atoms with Crippen molar-refractivity contribution >= 4 is 17.4 Å². The van der Waals surface area contributed by atoms with Crippen molar-refractivity contribution in [3.05, 3.63) is 36.5 Å². The topological polar surface area (TPSA) is 44.4 Å². The van der Waals surface area contributed by atoms with Gasteiger partial charge in [-0.2, -0.15) is 0 Å². The van der Waals surface area contributed by atoms with Crippen molar-refractivity contribution in [1.82, 2.24) is 5.32 Å². The van der Waals surface area contributed by atoms with Gasteiger partial charge >= 0.3 is 6.03 Å². The Morgan fingerprint density at radius 1 is 1.16 bits per heavy atom. The van der Waals surface area contributed by atoms with Gasteiger partial charge in [0.15, 0.2) is 0 Å². The summed E-state index contributed by atoms with van der Waals surface area (Å²) in [7, 11) is 3.96. The number of urea groups is 1. The number of carbonyl (C=O) groups is 1. The van der Waals surface area contributed by atoms with Crippen LogP contribution in [0.2, 0.25) is 0 Å². The quantitative estimate of drug-likeness (QED) is 0.875. The molecule has 4 nitrogen and oxygen atoms in total. The van der Waals surface area contributed by atoms with Crippen LogP contribution in [-0.4, -0.2) is 20.1 Å². The Morgan fingerprint density at radius 2 is 1.74 bits per heavy atom. The Labute approximate surface area is 115 Å². The highest BCUT2D eigenvalue weighted by Crippen LogP contribution is 2.15. The molecule has 1 aromatic rings. The minimum Gasteiger partial charge on any atom is -0.378 e. The van der Waals surface area contributed by atoms with E-state index in [1.54, 1.807) is 6.20 Å². The van der Waals surface area contributed by atoms with E-state index in [-0.39, 0.29) is 11.4 Å². The summed E-state index contributed by atoms with van der Waals surface area (Å²) in [5, 5.41) is 5.46. The smallest absolute Gasteiger partial charge is 0.323 e. The van der Waals surface area contributed by atoms with E-state index in [9.17, 15) is 4.79 Å². The van der Waals surface area contributed by atoms with Crippen molar-refractivity contribution in [2.45, 2.75) is 20.8 Å². The summed E-state index contributed by atoms with van der Waals surface area (Å²) >= 11 is 0. The third kappa shape index (κ3) is 5.95. The summed E-state index contributed by atoms with van der Waals surface area (Å²) in [5.74, 6) is 0. The number of carbonyl (C=O) groups excluding carboxylic acids is 1. The molecular formula is C15H23N3O. The summed E-state index contributed by atoms with van der Waals surface area (Å²) in [6.45, 7) is 6.22. The fraction of sp³-hybridized carbons (Fsp3) is 0.400. The molecule has 0 heterocycles. The maximum absolute atomic E-state index is 11.6. The first-order valence-corrected chi connectivity index (χ1v) is 6.30. The van der Waals surface area contributed by atoms with Gasteiger partial charge < -0.3 is 15.5 Å². The van der Waals surface area contributed by atoms with Crippen LogP contribution < -0.4 is 15.5 Å². The molecule has 4 heteroatoms. The van der Waals surface area contributed by atoms with Crippen LogP contribution in [0.25, 0.3) is 0 Å². The Hall–Kier alpha value is -1.97. The lowest BCUT2D eigenvalue weighted by Crippen LogP contribution is -2.24. The Bertz CT molecular complexity index is 441. The molecule has 1 rings (SSSR count). The van der Waals surface area contributed by atoms with E-state index >= 15 is 0 Å². The molecular weight excluding hydrogens is 238 g/mol. The first-order chi connectivity index (χ1) is 8.78. The van der Waals surface area contributed by atoms with Gasteiger partial charge in [-0.05, 0) is 29.7 Å². The lowest BCUT2D eigenvalue weighted by Gasteiger charge is -2.13. The minimum absolute atomic E-state index is 0.0562. The molecule has 0 radical (unpaired) electrons.